The third-order valence-corrected chi connectivity index (χ3v) is 2.70. The van der Waals surface area contributed by atoms with Gasteiger partial charge in [-0.2, -0.15) is 0 Å². The predicted molar refractivity (Wildman–Crippen MR) is 52.2 cm³/mol. The standard InChI is InChI=1S/C11H12F3NO/c12-9-3-7(4-10(13)11(9)14)5-15-2-1-8(16)6-15/h3-4,8,16H,1-2,5-6H2/t8-/m0/s1. The monoisotopic (exact) mass is 231 g/mol. The van der Waals surface area contributed by atoms with Crippen molar-refractivity contribution in [3.05, 3.63) is 35.1 Å². The van der Waals surface area contributed by atoms with Crippen LogP contribution in [0.4, 0.5) is 13.2 Å². The number of benzene rings is 1. The summed E-state index contributed by atoms with van der Waals surface area (Å²) >= 11 is 0. The van der Waals surface area contributed by atoms with E-state index >= 15 is 0 Å². The molecular formula is C11H12F3NO. The van der Waals surface area contributed by atoms with E-state index in [1.807, 2.05) is 4.90 Å². The van der Waals surface area contributed by atoms with Gasteiger partial charge < -0.3 is 5.11 Å². The summed E-state index contributed by atoms with van der Waals surface area (Å²) in [4.78, 5) is 1.87. The molecule has 0 amide bonds. The van der Waals surface area contributed by atoms with Crippen LogP contribution >= 0.6 is 0 Å². The molecule has 1 aliphatic rings. The first-order valence-electron chi connectivity index (χ1n) is 5.10. The summed E-state index contributed by atoms with van der Waals surface area (Å²) in [5, 5.41) is 9.28. The van der Waals surface area contributed by atoms with E-state index < -0.39 is 17.5 Å². The van der Waals surface area contributed by atoms with Crippen LogP contribution in [0.2, 0.25) is 0 Å². The molecule has 0 spiro atoms. The minimum absolute atomic E-state index is 0.325. The minimum atomic E-state index is -1.44. The second-order valence-electron chi connectivity index (χ2n) is 4.05. The summed E-state index contributed by atoms with van der Waals surface area (Å²) in [5.74, 6) is -3.78. The fourth-order valence-corrected chi connectivity index (χ4v) is 1.91. The molecule has 0 aromatic heterocycles. The molecule has 2 rings (SSSR count). The van der Waals surface area contributed by atoms with Crippen LogP contribution in [0.15, 0.2) is 12.1 Å². The van der Waals surface area contributed by atoms with Gasteiger partial charge in [-0.25, -0.2) is 13.2 Å². The van der Waals surface area contributed by atoms with Crippen molar-refractivity contribution in [3.8, 4) is 0 Å². The Labute approximate surface area is 91.3 Å². The minimum Gasteiger partial charge on any atom is -0.392 e. The van der Waals surface area contributed by atoms with Crippen molar-refractivity contribution in [1.29, 1.82) is 0 Å². The predicted octanol–water partition coefficient (Wildman–Crippen LogP) is 1.67. The summed E-state index contributed by atoms with van der Waals surface area (Å²) in [6, 6.07) is 1.98. The van der Waals surface area contributed by atoms with E-state index in [0.29, 0.717) is 31.6 Å². The molecule has 1 aliphatic heterocycles. The molecule has 0 unspecified atom stereocenters. The lowest BCUT2D eigenvalue weighted by atomic mass is 10.2. The first-order valence-corrected chi connectivity index (χ1v) is 5.10. The van der Waals surface area contributed by atoms with Crippen molar-refractivity contribution in [2.24, 2.45) is 0 Å². The van der Waals surface area contributed by atoms with Gasteiger partial charge in [0.2, 0.25) is 0 Å². The molecular weight excluding hydrogens is 219 g/mol. The van der Waals surface area contributed by atoms with E-state index in [9.17, 15) is 18.3 Å². The lowest BCUT2D eigenvalue weighted by molar-refractivity contribution is 0.174. The highest BCUT2D eigenvalue weighted by atomic mass is 19.2. The van der Waals surface area contributed by atoms with Gasteiger partial charge in [-0.05, 0) is 24.1 Å². The topological polar surface area (TPSA) is 23.5 Å². The average molecular weight is 231 g/mol. The Morgan fingerprint density at radius 1 is 1.25 bits per heavy atom. The second-order valence-corrected chi connectivity index (χ2v) is 4.05. The van der Waals surface area contributed by atoms with E-state index in [1.54, 1.807) is 0 Å². The molecule has 2 nitrogen and oxygen atoms in total. The van der Waals surface area contributed by atoms with Crippen molar-refractivity contribution in [2.75, 3.05) is 13.1 Å². The van der Waals surface area contributed by atoms with E-state index in [4.69, 9.17) is 0 Å². The summed E-state index contributed by atoms with van der Waals surface area (Å²) in [6.07, 6.45) is 0.279. The largest absolute Gasteiger partial charge is 0.392 e. The Balaban J connectivity index is 2.10. The number of rotatable bonds is 2. The third-order valence-electron chi connectivity index (χ3n) is 2.70. The van der Waals surface area contributed by atoms with Gasteiger partial charge in [0.25, 0.3) is 0 Å². The number of halogens is 3. The van der Waals surface area contributed by atoms with Gasteiger partial charge in [0.05, 0.1) is 6.10 Å². The highest BCUT2D eigenvalue weighted by Gasteiger charge is 2.21. The lowest BCUT2D eigenvalue weighted by Gasteiger charge is -2.14. The summed E-state index contributed by atoms with van der Waals surface area (Å²) in [5.41, 5.74) is 0.380. The summed E-state index contributed by atoms with van der Waals surface area (Å²) in [6.45, 7) is 1.49. The maximum Gasteiger partial charge on any atom is 0.194 e. The fraction of sp³-hybridized carbons (Fsp3) is 0.455. The first kappa shape index (κ1) is 11.4. The molecule has 1 atom stereocenters. The Morgan fingerprint density at radius 2 is 1.88 bits per heavy atom. The molecule has 1 aromatic rings. The van der Waals surface area contributed by atoms with E-state index in [1.165, 1.54) is 0 Å². The van der Waals surface area contributed by atoms with Gasteiger partial charge in [-0.1, -0.05) is 0 Å². The zero-order valence-electron chi connectivity index (χ0n) is 8.59. The Hall–Kier alpha value is -1.07. The van der Waals surface area contributed by atoms with Crippen LogP contribution in [0.3, 0.4) is 0 Å². The fourth-order valence-electron chi connectivity index (χ4n) is 1.91. The molecule has 0 bridgehead atoms. The van der Waals surface area contributed by atoms with Crippen LogP contribution in [0.1, 0.15) is 12.0 Å². The van der Waals surface area contributed by atoms with Crippen LogP contribution in [0, 0.1) is 17.5 Å². The quantitative estimate of drug-likeness (QED) is 0.783. The molecule has 1 saturated heterocycles. The molecule has 1 fully saturated rings. The van der Waals surface area contributed by atoms with E-state index in [-0.39, 0.29) is 6.10 Å². The van der Waals surface area contributed by atoms with Crippen molar-refractivity contribution < 1.29 is 18.3 Å². The molecule has 1 N–H and O–H groups in total. The number of nitrogens with zero attached hydrogens (tertiary/aromatic N) is 1. The molecule has 0 radical (unpaired) electrons. The second kappa shape index (κ2) is 4.43. The van der Waals surface area contributed by atoms with Crippen molar-refractivity contribution in [1.82, 2.24) is 4.90 Å². The Kier molecular flexibility index (Phi) is 3.16. The average Bonchev–Trinajstić information content (AvgIpc) is 2.60. The SMILES string of the molecule is O[C@H]1CCN(Cc2cc(F)c(F)c(F)c2)C1. The lowest BCUT2D eigenvalue weighted by Crippen LogP contribution is -2.21. The van der Waals surface area contributed by atoms with Gasteiger partial charge in [-0.15, -0.1) is 0 Å². The number of aliphatic hydroxyl groups is 1. The van der Waals surface area contributed by atoms with Gasteiger partial charge in [0, 0.05) is 19.6 Å². The van der Waals surface area contributed by atoms with Crippen LogP contribution in [-0.2, 0) is 6.54 Å². The molecule has 5 heteroatoms. The smallest absolute Gasteiger partial charge is 0.194 e. The zero-order chi connectivity index (χ0) is 11.7. The third kappa shape index (κ3) is 2.36. The van der Waals surface area contributed by atoms with Gasteiger partial charge in [-0.3, -0.25) is 4.90 Å². The Bertz CT molecular complexity index is 374. The van der Waals surface area contributed by atoms with Crippen molar-refractivity contribution in [2.45, 2.75) is 19.1 Å². The molecule has 0 aliphatic carbocycles. The van der Waals surface area contributed by atoms with Crippen LogP contribution in [0.25, 0.3) is 0 Å². The van der Waals surface area contributed by atoms with Gasteiger partial charge >= 0.3 is 0 Å². The number of likely N-dealkylation sites (tertiary alicyclic amines) is 1. The van der Waals surface area contributed by atoms with Gasteiger partial charge in [0.15, 0.2) is 17.5 Å². The number of hydrogen-bond donors (Lipinski definition) is 1. The maximum atomic E-state index is 12.9. The van der Waals surface area contributed by atoms with Crippen LogP contribution < -0.4 is 0 Å². The maximum absolute atomic E-state index is 12.9. The highest BCUT2D eigenvalue weighted by Crippen LogP contribution is 2.17. The summed E-state index contributed by atoms with van der Waals surface area (Å²) in [7, 11) is 0. The molecule has 88 valence electrons. The van der Waals surface area contributed by atoms with E-state index in [0.717, 1.165) is 12.1 Å². The normalized spacial score (nSPS) is 21.6. The number of β-amino-alcohol motifs (C(OH)–C–C–N with tert-alkyl or cyclic N) is 1. The molecule has 0 saturated carbocycles. The van der Waals surface area contributed by atoms with E-state index in [2.05, 4.69) is 0 Å². The van der Waals surface area contributed by atoms with Crippen molar-refractivity contribution in [3.63, 3.8) is 0 Å². The molecule has 1 aromatic carbocycles. The molecule has 1 heterocycles. The number of hydrogen-bond acceptors (Lipinski definition) is 2. The van der Waals surface area contributed by atoms with Crippen LogP contribution in [0.5, 0.6) is 0 Å². The Morgan fingerprint density at radius 3 is 2.38 bits per heavy atom. The molecule has 16 heavy (non-hydrogen) atoms. The summed E-state index contributed by atoms with van der Waals surface area (Å²) < 4.78 is 38.5. The first-order chi connectivity index (χ1) is 7.56. The van der Waals surface area contributed by atoms with Crippen LogP contribution in [-0.4, -0.2) is 29.2 Å². The van der Waals surface area contributed by atoms with Gasteiger partial charge in [0.1, 0.15) is 0 Å². The zero-order valence-corrected chi connectivity index (χ0v) is 8.59. The highest BCUT2D eigenvalue weighted by molar-refractivity contribution is 5.19. The number of aliphatic hydroxyl groups excluding tert-OH is 1. The van der Waals surface area contributed by atoms with Crippen molar-refractivity contribution >= 4 is 0 Å².